The third-order valence-corrected chi connectivity index (χ3v) is 2.37. The first-order valence-corrected chi connectivity index (χ1v) is 5.03. The van der Waals surface area contributed by atoms with E-state index in [-0.39, 0.29) is 5.91 Å². The summed E-state index contributed by atoms with van der Waals surface area (Å²) in [5, 5.41) is 8.71. The van der Waals surface area contributed by atoms with Crippen LogP contribution in [-0.2, 0) is 4.79 Å². The Bertz CT molecular complexity index is 289. The molecule has 0 aliphatic carbocycles. The fraction of sp³-hybridized carbons (Fsp3) is 0.429. The maximum absolute atomic E-state index is 10.5. The molecule has 1 aromatic heterocycles. The zero-order valence-electron chi connectivity index (χ0n) is 7.13. The number of rotatable bonds is 4. The molecule has 0 aliphatic heterocycles. The molecule has 0 aromatic carbocycles. The molecule has 1 amide bonds. The third-order valence-electron chi connectivity index (χ3n) is 1.25. The largest absolute Gasteiger partial charge is 0.360 e. The maximum Gasteiger partial charge on any atom is 0.216 e. The third kappa shape index (κ3) is 4.10. The van der Waals surface area contributed by atoms with E-state index in [1.54, 1.807) is 5.38 Å². The van der Waals surface area contributed by atoms with E-state index < -0.39 is 0 Å². The maximum atomic E-state index is 10.5. The summed E-state index contributed by atoms with van der Waals surface area (Å²) < 4.78 is 0. The number of thiazole rings is 1. The topological polar surface area (TPSA) is 54.0 Å². The summed E-state index contributed by atoms with van der Waals surface area (Å²) in [6, 6.07) is 0. The molecule has 4 nitrogen and oxygen atoms in total. The van der Waals surface area contributed by atoms with Crippen molar-refractivity contribution in [3.05, 3.63) is 10.5 Å². The number of carbonyl (C=O) groups excluding carboxylic acids is 1. The predicted octanol–water partition coefficient (Wildman–Crippen LogP) is 1.34. The second-order valence-electron chi connectivity index (χ2n) is 2.39. The highest BCUT2D eigenvalue weighted by molar-refractivity contribution is 7.14. The van der Waals surface area contributed by atoms with E-state index in [0.29, 0.717) is 18.2 Å². The average Bonchev–Trinajstić information content (AvgIpc) is 2.45. The molecule has 0 fully saturated rings. The Hall–Kier alpha value is -0.810. The number of halogens is 1. The Morgan fingerprint density at radius 1 is 1.69 bits per heavy atom. The van der Waals surface area contributed by atoms with Crippen LogP contribution in [0.5, 0.6) is 0 Å². The van der Waals surface area contributed by atoms with Crippen LogP contribution in [0.2, 0.25) is 5.15 Å². The van der Waals surface area contributed by atoms with Gasteiger partial charge >= 0.3 is 0 Å². The second kappa shape index (κ2) is 5.04. The molecule has 0 spiro atoms. The van der Waals surface area contributed by atoms with Crippen LogP contribution in [0.4, 0.5) is 5.13 Å². The molecule has 1 aromatic rings. The Balaban J connectivity index is 2.16. The van der Waals surface area contributed by atoms with E-state index in [2.05, 4.69) is 15.6 Å². The van der Waals surface area contributed by atoms with Gasteiger partial charge in [-0.15, -0.1) is 11.3 Å². The molecule has 0 aliphatic rings. The van der Waals surface area contributed by atoms with Gasteiger partial charge in [-0.2, -0.15) is 0 Å². The van der Waals surface area contributed by atoms with Crippen LogP contribution in [0.25, 0.3) is 0 Å². The van der Waals surface area contributed by atoms with Crippen LogP contribution < -0.4 is 10.6 Å². The Kier molecular flexibility index (Phi) is 3.98. The van der Waals surface area contributed by atoms with Crippen LogP contribution in [0.3, 0.4) is 0 Å². The van der Waals surface area contributed by atoms with Gasteiger partial charge in [0.2, 0.25) is 5.91 Å². The molecule has 13 heavy (non-hydrogen) atoms. The summed E-state index contributed by atoms with van der Waals surface area (Å²) in [4.78, 5) is 14.5. The second-order valence-corrected chi connectivity index (χ2v) is 3.63. The van der Waals surface area contributed by atoms with Crippen LogP contribution in [0.15, 0.2) is 5.38 Å². The van der Waals surface area contributed by atoms with Gasteiger partial charge in [0.1, 0.15) is 5.15 Å². The Morgan fingerprint density at radius 3 is 3.00 bits per heavy atom. The van der Waals surface area contributed by atoms with Crippen molar-refractivity contribution >= 4 is 34.0 Å². The van der Waals surface area contributed by atoms with Crippen LogP contribution in [0.1, 0.15) is 6.92 Å². The first-order chi connectivity index (χ1) is 6.18. The molecule has 0 radical (unpaired) electrons. The highest BCUT2D eigenvalue weighted by Gasteiger charge is 1.97. The highest BCUT2D eigenvalue weighted by Crippen LogP contribution is 2.17. The zero-order valence-corrected chi connectivity index (χ0v) is 8.71. The van der Waals surface area contributed by atoms with Crippen molar-refractivity contribution in [3.63, 3.8) is 0 Å². The van der Waals surface area contributed by atoms with E-state index >= 15 is 0 Å². The number of amides is 1. The molecular weight excluding hydrogens is 210 g/mol. The van der Waals surface area contributed by atoms with Gasteiger partial charge in [0.15, 0.2) is 5.13 Å². The van der Waals surface area contributed by atoms with Gasteiger partial charge in [-0.05, 0) is 0 Å². The number of aromatic nitrogens is 1. The molecule has 1 rings (SSSR count). The average molecular weight is 220 g/mol. The van der Waals surface area contributed by atoms with Crippen molar-refractivity contribution < 1.29 is 4.79 Å². The number of nitrogens with zero attached hydrogens (tertiary/aromatic N) is 1. The highest BCUT2D eigenvalue weighted by atomic mass is 35.5. The van der Waals surface area contributed by atoms with Gasteiger partial charge < -0.3 is 10.6 Å². The molecule has 1 heterocycles. The van der Waals surface area contributed by atoms with Crippen LogP contribution in [-0.4, -0.2) is 24.0 Å². The van der Waals surface area contributed by atoms with Crippen molar-refractivity contribution in [2.75, 3.05) is 18.4 Å². The standard InChI is InChI=1S/C7H10ClN3OS/c1-5(12)9-2-3-10-7-11-6(8)4-13-7/h4H,2-3H2,1H3,(H,9,12)(H,10,11). The quantitative estimate of drug-likeness (QED) is 0.752. The fourth-order valence-corrected chi connectivity index (χ4v) is 1.61. The minimum absolute atomic E-state index is 0.0287. The molecule has 0 atom stereocenters. The van der Waals surface area contributed by atoms with Crippen molar-refractivity contribution in [1.29, 1.82) is 0 Å². The predicted molar refractivity (Wildman–Crippen MR) is 54.3 cm³/mol. The molecule has 0 unspecified atom stereocenters. The molecule has 0 saturated carbocycles. The lowest BCUT2D eigenvalue weighted by Crippen LogP contribution is -2.26. The summed E-state index contributed by atoms with van der Waals surface area (Å²) in [7, 11) is 0. The Labute approximate surface area is 85.3 Å². The summed E-state index contributed by atoms with van der Waals surface area (Å²) >= 11 is 7.05. The molecular formula is C7H10ClN3OS. The molecule has 0 saturated heterocycles. The molecule has 0 bridgehead atoms. The van der Waals surface area contributed by atoms with Crippen molar-refractivity contribution in [3.8, 4) is 0 Å². The van der Waals surface area contributed by atoms with Gasteiger partial charge in [-0.1, -0.05) is 11.6 Å². The molecule has 6 heteroatoms. The molecule has 2 N–H and O–H groups in total. The van der Waals surface area contributed by atoms with Crippen molar-refractivity contribution in [1.82, 2.24) is 10.3 Å². The van der Waals surface area contributed by atoms with Gasteiger partial charge in [0.05, 0.1) is 0 Å². The molecule has 72 valence electrons. The normalized spacial score (nSPS) is 9.69. The van der Waals surface area contributed by atoms with E-state index in [9.17, 15) is 4.79 Å². The van der Waals surface area contributed by atoms with Crippen LogP contribution >= 0.6 is 22.9 Å². The van der Waals surface area contributed by atoms with E-state index in [4.69, 9.17) is 11.6 Å². The summed E-state index contributed by atoms with van der Waals surface area (Å²) in [5.74, 6) is -0.0287. The minimum atomic E-state index is -0.0287. The first-order valence-electron chi connectivity index (χ1n) is 3.78. The van der Waals surface area contributed by atoms with E-state index in [0.717, 1.165) is 5.13 Å². The van der Waals surface area contributed by atoms with Gasteiger partial charge in [0, 0.05) is 25.4 Å². The summed E-state index contributed by atoms with van der Waals surface area (Å²) in [5.41, 5.74) is 0. The van der Waals surface area contributed by atoms with Crippen molar-refractivity contribution in [2.45, 2.75) is 6.92 Å². The van der Waals surface area contributed by atoms with E-state index in [1.807, 2.05) is 0 Å². The number of nitrogens with one attached hydrogen (secondary N) is 2. The monoisotopic (exact) mass is 219 g/mol. The lowest BCUT2D eigenvalue weighted by atomic mass is 10.6. The van der Waals surface area contributed by atoms with Crippen molar-refractivity contribution in [2.24, 2.45) is 0 Å². The van der Waals surface area contributed by atoms with Gasteiger partial charge in [-0.3, -0.25) is 4.79 Å². The smallest absolute Gasteiger partial charge is 0.216 e. The summed E-state index contributed by atoms with van der Waals surface area (Å²) in [6.45, 7) is 2.73. The number of hydrogen-bond donors (Lipinski definition) is 2. The first kappa shape index (κ1) is 10.3. The zero-order chi connectivity index (χ0) is 9.68. The lowest BCUT2D eigenvalue weighted by molar-refractivity contribution is -0.118. The number of carbonyl (C=O) groups is 1. The SMILES string of the molecule is CC(=O)NCCNc1nc(Cl)cs1. The Morgan fingerprint density at radius 2 is 2.46 bits per heavy atom. The fourth-order valence-electron chi connectivity index (χ4n) is 0.743. The lowest BCUT2D eigenvalue weighted by Gasteiger charge is -2.02. The number of hydrogen-bond acceptors (Lipinski definition) is 4. The minimum Gasteiger partial charge on any atom is -0.360 e. The van der Waals surface area contributed by atoms with Crippen LogP contribution in [0, 0.1) is 0 Å². The van der Waals surface area contributed by atoms with Gasteiger partial charge in [-0.25, -0.2) is 4.98 Å². The summed E-state index contributed by atoms with van der Waals surface area (Å²) in [6.07, 6.45) is 0. The van der Waals surface area contributed by atoms with Gasteiger partial charge in [0.25, 0.3) is 0 Å². The van der Waals surface area contributed by atoms with E-state index in [1.165, 1.54) is 18.3 Å². The number of anilines is 1.